The van der Waals surface area contributed by atoms with Gasteiger partial charge in [-0.1, -0.05) is 20.8 Å². The van der Waals surface area contributed by atoms with E-state index in [4.69, 9.17) is 11.6 Å². The van der Waals surface area contributed by atoms with Crippen LogP contribution < -0.4 is 0 Å². The molecular formula is C25H42O4. The van der Waals surface area contributed by atoms with Crippen LogP contribution in [0.2, 0.25) is 0 Å². The zero-order valence-corrected chi connectivity index (χ0v) is 18.4. The van der Waals surface area contributed by atoms with E-state index in [2.05, 4.69) is 13.8 Å². The van der Waals surface area contributed by atoms with E-state index < -0.39 is 36.3 Å². The number of hydrogen-bond donors (Lipinski definition) is 2. The van der Waals surface area contributed by atoms with Crippen molar-refractivity contribution in [3.05, 3.63) is 0 Å². The summed E-state index contributed by atoms with van der Waals surface area (Å²) in [6, 6.07) is 0. The molecule has 0 bridgehead atoms. The number of aliphatic hydroxyl groups excluding tert-OH is 1. The Morgan fingerprint density at radius 2 is 1.93 bits per heavy atom. The lowest BCUT2D eigenvalue weighted by atomic mass is 9.43. The number of aliphatic hydroxyl groups is 2. The molecular weight excluding hydrogens is 364 g/mol. The number of esters is 1. The van der Waals surface area contributed by atoms with Gasteiger partial charge in [0, 0.05) is 11.9 Å². The Balaban J connectivity index is 1.63. The Kier molecular flexibility index (Phi) is 4.34. The highest BCUT2D eigenvalue weighted by Crippen LogP contribution is 2.68. The fourth-order valence-electron chi connectivity index (χ4n) is 8.02. The fourth-order valence-corrected chi connectivity index (χ4v) is 8.02. The van der Waals surface area contributed by atoms with Gasteiger partial charge >= 0.3 is 5.97 Å². The van der Waals surface area contributed by atoms with Gasteiger partial charge in [-0.05, 0) is 104 Å². The SMILES string of the molecule is [2H]C1([2H])CC2(C)C3CCC4(C)C(C(C)CCC(=O)OC)CCC4C3C(O)CC2C([2H])([2H])C1([2H])O. The first-order valence-electron chi connectivity index (χ1n) is 14.0. The summed E-state index contributed by atoms with van der Waals surface area (Å²) in [5.41, 5.74) is -0.718. The molecule has 4 fully saturated rings. The Morgan fingerprint density at radius 1 is 1.21 bits per heavy atom. The zero-order valence-electron chi connectivity index (χ0n) is 23.4. The molecule has 4 aliphatic rings. The number of methoxy groups -OCH3 is 1. The normalized spacial score (nSPS) is 58.8. The lowest BCUT2D eigenvalue weighted by molar-refractivity contribution is -0.174. The minimum absolute atomic E-state index is 0.0176. The first-order valence-corrected chi connectivity index (χ1v) is 11.5. The third-order valence-electron chi connectivity index (χ3n) is 9.64. The second-order valence-electron chi connectivity index (χ2n) is 10.8. The van der Waals surface area contributed by atoms with Crippen molar-refractivity contribution in [2.75, 3.05) is 7.11 Å². The minimum atomic E-state index is -2.85. The summed E-state index contributed by atoms with van der Waals surface area (Å²) in [5, 5.41) is 22.1. The maximum absolute atomic E-state index is 11.7. The number of carbonyl (C=O) groups is 1. The maximum atomic E-state index is 11.7. The molecule has 0 aromatic carbocycles. The lowest BCUT2D eigenvalue weighted by Crippen LogP contribution is -2.58. The van der Waals surface area contributed by atoms with Crippen LogP contribution in [0.4, 0.5) is 0 Å². The standard InChI is InChI=1S/C25H42O4/c1-15(5-8-22(28)29-4)18-6-7-19-23-20(10-12-25(18,19)3)24(2)11-9-17(26)13-16(24)14-21(23)27/h15-21,23,26-27H,5-14H2,1-4H3/i9D2,13D2,17D. The van der Waals surface area contributed by atoms with Gasteiger partial charge in [0.25, 0.3) is 0 Å². The van der Waals surface area contributed by atoms with Gasteiger partial charge in [0.1, 0.15) is 0 Å². The van der Waals surface area contributed by atoms with Crippen molar-refractivity contribution in [2.24, 2.45) is 46.3 Å². The number of rotatable bonds is 4. The maximum Gasteiger partial charge on any atom is 0.305 e. The van der Waals surface area contributed by atoms with E-state index in [-0.39, 0.29) is 42.0 Å². The molecule has 10 unspecified atom stereocenters. The molecule has 4 aliphatic carbocycles. The third-order valence-corrected chi connectivity index (χ3v) is 9.64. The Labute approximate surface area is 183 Å². The summed E-state index contributed by atoms with van der Waals surface area (Å²) in [7, 11) is 1.41. The molecule has 4 saturated carbocycles. The molecule has 0 aliphatic heterocycles. The molecule has 4 nitrogen and oxygen atoms in total. The second-order valence-corrected chi connectivity index (χ2v) is 10.8. The van der Waals surface area contributed by atoms with Crippen molar-refractivity contribution in [1.82, 2.24) is 0 Å². The largest absolute Gasteiger partial charge is 0.469 e. The molecule has 166 valence electrons. The highest BCUT2D eigenvalue weighted by molar-refractivity contribution is 5.69. The molecule has 0 aromatic heterocycles. The molecule has 2 N–H and O–H groups in total. The van der Waals surface area contributed by atoms with Gasteiger partial charge in [0.2, 0.25) is 0 Å². The van der Waals surface area contributed by atoms with Crippen molar-refractivity contribution in [3.63, 3.8) is 0 Å². The van der Waals surface area contributed by atoms with Crippen LogP contribution in [0.25, 0.3) is 0 Å². The molecule has 0 spiro atoms. The van der Waals surface area contributed by atoms with E-state index in [0.717, 1.165) is 32.1 Å². The van der Waals surface area contributed by atoms with E-state index in [0.29, 0.717) is 18.3 Å². The molecule has 0 aromatic rings. The average molecular weight is 412 g/mol. The zero-order chi connectivity index (χ0) is 25.5. The van der Waals surface area contributed by atoms with E-state index >= 15 is 0 Å². The smallest absolute Gasteiger partial charge is 0.305 e. The highest BCUT2D eigenvalue weighted by atomic mass is 16.5. The molecule has 0 heterocycles. The minimum Gasteiger partial charge on any atom is -0.469 e. The van der Waals surface area contributed by atoms with Gasteiger partial charge in [-0.2, -0.15) is 0 Å². The van der Waals surface area contributed by atoms with E-state index in [1.807, 2.05) is 6.92 Å². The van der Waals surface area contributed by atoms with Crippen LogP contribution in [0.15, 0.2) is 0 Å². The van der Waals surface area contributed by atoms with Crippen LogP contribution in [-0.2, 0) is 9.53 Å². The topological polar surface area (TPSA) is 66.8 Å². The number of ether oxygens (including phenoxy) is 1. The summed E-state index contributed by atoms with van der Waals surface area (Å²) in [6.07, 6.45) is -3.44. The molecule has 29 heavy (non-hydrogen) atoms. The fraction of sp³-hybridized carbons (Fsp3) is 0.960. The quantitative estimate of drug-likeness (QED) is 0.665. The molecule has 4 rings (SSSR count). The van der Waals surface area contributed by atoms with Crippen molar-refractivity contribution >= 4 is 5.97 Å². The van der Waals surface area contributed by atoms with Crippen LogP contribution in [0, 0.1) is 46.3 Å². The second kappa shape index (κ2) is 7.82. The highest BCUT2D eigenvalue weighted by Gasteiger charge is 2.62. The monoisotopic (exact) mass is 411 g/mol. The summed E-state index contributed by atoms with van der Waals surface area (Å²) in [5.74, 6) is -0.00573. The Bertz CT molecular complexity index is 819. The van der Waals surface area contributed by atoms with Crippen molar-refractivity contribution < 1.29 is 26.6 Å². The van der Waals surface area contributed by atoms with Gasteiger partial charge in [-0.25, -0.2) is 0 Å². The molecule has 4 heteroatoms. The van der Waals surface area contributed by atoms with Gasteiger partial charge in [-0.15, -0.1) is 0 Å². The summed E-state index contributed by atoms with van der Waals surface area (Å²) >= 11 is 0. The van der Waals surface area contributed by atoms with E-state index in [1.54, 1.807) is 0 Å². The predicted molar refractivity (Wildman–Crippen MR) is 113 cm³/mol. The summed E-state index contributed by atoms with van der Waals surface area (Å²) in [6.45, 7) is 6.48. The average Bonchev–Trinajstić information content (AvgIpc) is 3.09. The molecule has 0 amide bonds. The lowest BCUT2D eigenvalue weighted by Gasteiger charge is -2.62. The van der Waals surface area contributed by atoms with E-state index in [1.165, 1.54) is 7.11 Å². The van der Waals surface area contributed by atoms with Crippen molar-refractivity contribution in [2.45, 2.75) is 97.1 Å². The Morgan fingerprint density at radius 3 is 2.66 bits per heavy atom. The third kappa shape index (κ3) is 3.46. The molecule has 0 saturated heterocycles. The summed E-state index contributed by atoms with van der Waals surface area (Å²) < 4.78 is 47.2. The first-order chi connectivity index (χ1) is 15.5. The molecule has 0 radical (unpaired) electrons. The predicted octanol–water partition coefficient (Wildman–Crippen LogP) is 4.57. The van der Waals surface area contributed by atoms with Crippen LogP contribution >= 0.6 is 0 Å². The van der Waals surface area contributed by atoms with Crippen LogP contribution in [0.5, 0.6) is 0 Å². The van der Waals surface area contributed by atoms with E-state index in [9.17, 15) is 15.0 Å². The van der Waals surface area contributed by atoms with Gasteiger partial charge in [-0.3, -0.25) is 4.79 Å². The van der Waals surface area contributed by atoms with Crippen LogP contribution in [-0.4, -0.2) is 35.5 Å². The van der Waals surface area contributed by atoms with Crippen LogP contribution in [0.1, 0.15) is 91.7 Å². The van der Waals surface area contributed by atoms with Crippen molar-refractivity contribution in [1.29, 1.82) is 0 Å². The van der Waals surface area contributed by atoms with Gasteiger partial charge < -0.3 is 14.9 Å². The van der Waals surface area contributed by atoms with Gasteiger partial charge in [0.05, 0.1) is 20.7 Å². The number of hydrogen-bond acceptors (Lipinski definition) is 4. The molecule has 10 atom stereocenters. The first kappa shape index (κ1) is 16.1. The van der Waals surface area contributed by atoms with Crippen LogP contribution in [0.3, 0.4) is 0 Å². The Hall–Kier alpha value is -0.610. The number of carbonyl (C=O) groups excluding carboxylic acids is 1. The van der Waals surface area contributed by atoms with Gasteiger partial charge in [0.15, 0.2) is 0 Å². The van der Waals surface area contributed by atoms with Crippen molar-refractivity contribution in [3.8, 4) is 0 Å². The number of fused-ring (bicyclic) bond motifs is 5. The summed E-state index contributed by atoms with van der Waals surface area (Å²) in [4.78, 5) is 11.7.